The summed E-state index contributed by atoms with van der Waals surface area (Å²) in [7, 11) is 0. The Labute approximate surface area is 131 Å². The molecule has 0 atom stereocenters. The summed E-state index contributed by atoms with van der Waals surface area (Å²) in [5, 5.41) is 7.60. The molecule has 4 aromatic heterocycles. The lowest BCUT2D eigenvalue weighted by Crippen LogP contribution is -1.93. The first-order valence-electron chi connectivity index (χ1n) is 7.05. The van der Waals surface area contributed by atoms with Gasteiger partial charge in [0.25, 0.3) is 0 Å². The summed E-state index contributed by atoms with van der Waals surface area (Å²) in [6.07, 6.45) is 6.59. The van der Waals surface area contributed by atoms with E-state index in [1.807, 2.05) is 42.0 Å². The Bertz CT molecular complexity index is 879. The minimum atomic E-state index is 0.845. The molecule has 0 aromatic carbocycles. The van der Waals surface area contributed by atoms with Crippen molar-refractivity contribution in [2.75, 3.05) is 5.32 Å². The third-order valence-electron chi connectivity index (χ3n) is 3.53. The topological polar surface area (TPSA) is 53.6 Å². The molecule has 0 aliphatic carbocycles. The number of anilines is 2. The number of rotatable bonds is 4. The van der Waals surface area contributed by atoms with E-state index in [9.17, 15) is 0 Å². The number of nitrogens with zero attached hydrogens (tertiary/aromatic N) is 2. The van der Waals surface area contributed by atoms with Crippen molar-refractivity contribution in [3.05, 3.63) is 71.5 Å². The summed E-state index contributed by atoms with van der Waals surface area (Å²) in [5.74, 6) is 0.867. The van der Waals surface area contributed by atoms with Crippen LogP contribution in [0.4, 0.5) is 10.8 Å². The number of pyridine rings is 2. The van der Waals surface area contributed by atoms with Gasteiger partial charge in [0, 0.05) is 30.4 Å². The van der Waals surface area contributed by atoms with Gasteiger partial charge in [-0.15, -0.1) is 11.3 Å². The number of nitrogens with one attached hydrogen (secondary N) is 2. The number of hydrogen-bond donors (Lipinski definition) is 2. The minimum Gasteiger partial charge on any atom is -0.346 e. The highest BCUT2D eigenvalue weighted by molar-refractivity contribution is 7.14. The van der Waals surface area contributed by atoms with Gasteiger partial charge in [0.2, 0.25) is 0 Å². The van der Waals surface area contributed by atoms with Crippen LogP contribution in [-0.2, 0) is 6.42 Å². The lowest BCUT2D eigenvalue weighted by atomic mass is 10.1. The quantitative estimate of drug-likeness (QED) is 0.589. The van der Waals surface area contributed by atoms with Crippen molar-refractivity contribution in [2.45, 2.75) is 6.42 Å². The van der Waals surface area contributed by atoms with E-state index in [1.54, 1.807) is 17.5 Å². The maximum atomic E-state index is 4.48. The average Bonchev–Trinajstić information content (AvgIpc) is 3.20. The molecule has 4 rings (SSSR count). The molecule has 108 valence electrons. The fraction of sp³-hybridized carbons (Fsp3) is 0.0588. The molecule has 0 aliphatic heterocycles. The molecule has 0 aliphatic rings. The monoisotopic (exact) mass is 306 g/mol. The van der Waals surface area contributed by atoms with Gasteiger partial charge >= 0.3 is 0 Å². The maximum absolute atomic E-state index is 4.48. The van der Waals surface area contributed by atoms with Gasteiger partial charge in [-0.05, 0) is 46.8 Å². The highest BCUT2D eigenvalue weighted by Crippen LogP contribution is 2.22. The molecule has 4 aromatic rings. The first-order chi connectivity index (χ1) is 10.9. The Morgan fingerprint density at radius 3 is 2.91 bits per heavy atom. The lowest BCUT2D eigenvalue weighted by molar-refractivity contribution is 1.16. The SMILES string of the molecule is c1csc(Nc2ccc(Cc3c[nH]c4ncccc34)cn2)c1. The van der Waals surface area contributed by atoms with Gasteiger partial charge < -0.3 is 10.3 Å². The zero-order valence-corrected chi connectivity index (χ0v) is 12.6. The summed E-state index contributed by atoms with van der Waals surface area (Å²) in [6.45, 7) is 0. The largest absolute Gasteiger partial charge is 0.346 e. The second kappa shape index (κ2) is 5.61. The van der Waals surface area contributed by atoms with Crippen LogP contribution in [0.3, 0.4) is 0 Å². The smallest absolute Gasteiger partial charge is 0.137 e. The number of aromatic nitrogens is 3. The molecule has 4 heterocycles. The highest BCUT2D eigenvalue weighted by Gasteiger charge is 2.05. The van der Waals surface area contributed by atoms with E-state index < -0.39 is 0 Å². The molecule has 2 N–H and O–H groups in total. The zero-order chi connectivity index (χ0) is 14.8. The molecule has 0 fully saturated rings. The molecule has 0 saturated carbocycles. The van der Waals surface area contributed by atoms with Crippen LogP contribution in [0.25, 0.3) is 11.0 Å². The summed E-state index contributed by atoms with van der Waals surface area (Å²) in [4.78, 5) is 12.0. The predicted octanol–water partition coefficient (Wildman–Crippen LogP) is 4.35. The van der Waals surface area contributed by atoms with Crippen molar-refractivity contribution in [1.29, 1.82) is 0 Å². The van der Waals surface area contributed by atoms with E-state index >= 15 is 0 Å². The third-order valence-corrected chi connectivity index (χ3v) is 4.31. The predicted molar refractivity (Wildman–Crippen MR) is 90.7 cm³/mol. The summed E-state index contributed by atoms with van der Waals surface area (Å²) < 4.78 is 0. The van der Waals surface area contributed by atoms with Gasteiger partial charge in [-0.2, -0.15) is 0 Å². The van der Waals surface area contributed by atoms with Crippen LogP contribution in [0, 0.1) is 0 Å². The van der Waals surface area contributed by atoms with Crippen molar-refractivity contribution >= 4 is 33.2 Å². The molecular weight excluding hydrogens is 292 g/mol. The van der Waals surface area contributed by atoms with Crippen molar-refractivity contribution in [2.24, 2.45) is 0 Å². The van der Waals surface area contributed by atoms with Crippen LogP contribution in [0.1, 0.15) is 11.1 Å². The first kappa shape index (κ1) is 13.0. The number of aromatic amines is 1. The van der Waals surface area contributed by atoms with Crippen molar-refractivity contribution in [1.82, 2.24) is 15.0 Å². The van der Waals surface area contributed by atoms with Gasteiger partial charge in [0.15, 0.2) is 0 Å². The number of H-pyrrole nitrogens is 1. The van der Waals surface area contributed by atoms with Gasteiger partial charge in [-0.1, -0.05) is 6.07 Å². The number of fused-ring (bicyclic) bond motifs is 1. The molecule has 0 amide bonds. The van der Waals surface area contributed by atoms with Gasteiger partial charge in [0.05, 0.1) is 5.00 Å². The minimum absolute atomic E-state index is 0.845. The van der Waals surface area contributed by atoms with E-state index in [1.165, 1.54) is 16.5 Å². The molecule has 5 heteroatoms. The fourth-order valence-corrected chi connectivity index (χ4v) is 3.08. The van der Waals surface area contributed by atoms with Crippen LogP contribution in [0.5, 0.6) is 0 Å². The van der Waals surface area contributed by atoms with Crippen LogP contribution >= 0.6 is 11.3 Å². The van der Waals surface area contributed by atoms with Crippen LogP contribution in [0.2, 0.25) is 0 Å². The number of thiophene rings is 1. The van der Waals surface area contributed by atoms with Crippen LogP contribution in [-0.4, -0.2) is 15.0 Å². The van der Waals surface area contributed by atoms with Crippen molar-refractivity contribution in [3.8, 4) is 0 Å². The molecule has 0 bridgehead atoms. The van der Waals surface area contributed by atoms with Crippen molar-refractivity contribution in [3.63, 3.8) is 0 Å². The molecule has 4 nitrogen and oxygen atoms in total. The third kappa shape index (κ3) is 2.58. The first-order valence-corrected chi connectivity index (χ1v) is 7.93. The van der Waals surface area contributed by atoms with Gasteiger partial charge in [-0.25, -0.2) is 9.97 Å². The Morgan fingerprint density at radius 2 is 2.09 bits per heavy atom. The Morgan fingerprint density at radius 1 is 1.09 bits per heavy atom. The summed E-state index contributed by atoms with van der Waals surface area (Å²) in [5.41, 5.74) is 3.35. The highest BCUT2D eigenvalue weighted by atomic mass is 32.1. The molecule has 0 spiro atoms. The lowest BCUT2D eigenvalue weighted by Gasteiger charge is -2.04. The fourth-order valence-electron chi connectivity index (χ4n) is 2.46. The average molecular weight is 306 g/mol. The molecule has 0 radical (unpaired) electrons. The van der Waals surface area contributed by atoms with E-state index in [-0.39, 0.29) is 0 Å². The van der Waals surface area contributed by atoms with Gasteiger partial charge in [0.1, 0.15) is 11.5 Å². The number of hydrogen-bond acceptors (Lipinski definition) is 4. The molecule has 22 heavy (non-hydrogen) atoms. The second-order valence-electron chi connectivity index (χ2n) is 5.04. The standard InChI is InChI=1S/C17H14N4S/c1-3-14-13(11-20-17(14)18-7-1)9-12-5-6-15(19-10-12)21-16-4-2-8-22-16/h1-8,10-11H,9H2,(H,18,20)(H,19,21). The summed E-state index contributed by atoms with van der Waals surface area (Å²) >= 11 is 1.66. The molecule has 0 saturated heterocycles. The Kier molecular flexibility index (Phi) is 3.33. The summed E-state index contributed by atoms with van der Waals surface area (Å²) in [6, 6.07) is 12.2. The van der Waals surface area contributed by atoms with Crippen LogP contribution in [0.15, 0.2) is 60.4 Å². The zero-order valence-electron chi connectivity index (χ0n) is 11.8. The molecular formula is C17H14N4S. The van der Waals surface area contributed by atoms with Gasteiger partial charge in [-0.3, -0.25) is 0 Å². The van der Waals surface area contributed by atoms with Crippen molar-refractivity contribution < 1.29 is 0 Å². The Hall–Kier alpha value is -2.66. The molecule has 0 unspecified atom stereocenters. The van der Waals surface area contributed by atoms with E-state index in [0.29, 0.717) is 0 Å². The van der Waals surface area contributed by atoms with E-state index in [0.717, 1.165) is 22.9 Å². The Balaban J connectivity index is 1.53. The van der Waals surface area contributed by atoms with Crippen LogP contribution < -0.4 is 5.32 Å². The normalized spacial score (nSPS) is 10.9. The second-order valence-corrected chi connectivity index (χ2v) is 5.99. The van der Waals surface area contributed by atoms with E-state index in [2.05, 4.69) is 32.4 Å². The maximum Gasteiger partial charge on any atom is 0.137 e. The van der Waals surface area contributed by atoms with E-state index in [4.69, 9.17) is 0 Å².